The number of carbonyl (C=O) groups is 1. The van der Waals surface area contributed by atoms with Crippen molar-refractivity contribution in [3.8, 4) is 0 Å². The van der Waals surface area contributed by atoms with Gasteiger partial charge in [0.05, 0.1) is 11.9 Å². The molecule has 1 aromatic carbocycles. The Bertz CT molecular complexity index is 701. The van der Waals surface area contributed by atoms with Gasteiger partial charge in [0, 0.05) is 19.5 Å². The van der Waals surface area contributed by atoms with Gasteiger partial charge in [-0.15, -0.1) is 0 Å². The van der Waals surface area contributed by atoms with E-state index in [0.717, 1.165) is 24.0 Å². The van der Waals surface area contributed by atoms with Gasteiger partial charge in [-0.1, -0.05) is 45.2 Å². The average Bonchev–Trinajstić information content (AvgIpc) is 2.61. The topological polar surface area (TPSA) is 66.5 Å². The molecule has 1 aromatic rings. The Morgan fingerprint density at radius 1 is 1.19 bits per heavy atom. The lowest BCUT2D eigenvalue weighted by molar-refractivity contribution is -0.121. The normalized spacial score (nSPS) is 12.6. The smallest absolute Gasteiger partial charge is 0.232 e. The van der Waals surface area contributed by atoms with Crippen LogP contribution in [0.4, 0.5) is 5.69 Å². The number of nitrogens with zero attached hydrogens (tertiary/aromatic N) is 1. The number of unbranched alkanes of at least 4 members (excludes halogenated alkanes) is 1. The third kappa shape index (κ3) is 7.91. The second-order valence-corrected chi connectivity index (χ2v) is 9.29. The van der Waals surface area contributed by atoms with Gasteiger partial charge in [0.25, 0.3) is 0 Å². The summed E-state index contributed by atoms with van der Waals surface area (Å²) in [6, 6.07) is 5.65. The van der Waals surface area contributed by atoms with Crippen molar-refractivity contribution >= 4 is 21.6 Å². The van der Waals surface area contributed by atoms with Gasteiger partial charge in [0.15, 0.2) is 0 Å². The maximum atomic E-state index is 12.3. The number of nitrogens with one attached hydrogen (secondary N) is 1. The van der Waals surface area contributed by atoms with Crippen molar-refractivity contribution in [3.05, 3.63) is 29.3 Å². The number of amides is 1. The first-order valence-corrected chi connectivity index (χ1v) is 11.9. The average molecular weight is 397 g/mol. The summed E-state index contributed by atoms with van der Waals surface area (Å²) in [6.07, 6.45) is 6.61. The summed E-state index contributed by atoms with van der Waals surface area (Å²) < 4.78 is 25.9. The number of rotatable bonds is 12. The Morgan fingerprint density at radius 2 is 1.89 bits per heavy atom. The van der Waals surface area contributed by atoms with Crippen molar-refractivity contribution in [2.24, 2.45) is 5.92 Å². The van der Waals surface area contributed by atoms with Crippen LogP contribution in [0.1, 0.15) is 63.5 Å². The van der Waals surface area contributed by atoms with Crippen LogP contribution < -0.4 is 9.62 Å². The number of anilines is 1. The minimum Gasteiger partial charge on any atom is -0.356 e. The molecule has 0 fully saturated rings. The zero-order chi connectivity index (χ0) is 20.4. The van der Waals surface area contributed by atoms with Gasteiger partial charge in [0.2, 0.25) is 15.9 Å². The zero-order valence-corrected chi connectivity index (χ0v) is 18.4. The molecule has 27 heavy (non-hydrogen) atoms. The van der Waals surface area contributed by atoms with Crippen molar-refractivity contribution in [2.75, 3.05) is 23.7 Å². The fourth-order valence-corrected chi connectivity index (χ4v) is 4.16. The van der Waals surface area contributed by atoms with E-state index < -0.39 is 10.0 Å². The van der Waals surface area contributed by atoms with Gasteiger partial charge < -0.3 is 5.32 Å². The third-order valence-electron chi connectivity index (χ3n) is 5.14. The van der Waals surface area contributed by atoms with E-state index >= 15 is 0 Å². The van der Waals surface area contributed by atoms with Crippen molar-refractivity contribution in [1.29, 1.82) is 0 Å². The fourth-order valence-electron chi connectivity index (χ4n) is 3.14. The quantitative estimate of drug-likeness (QED) is 0.576. The molecular weight excluding hydrogens is 360 g/mol. The summed E-state index contributed by atoms with van der Waals surface area (Å²) in [5.74, 6) is 0.524. The fraction of sp³-hybridized carbons (Fsp3) is 0.667. The van der Waals surface area contributed by atoms with Gasteiger partial charge >= 0.3 is 0 Å². The molecule has 0 bridgehead atoms. The van der Waals surface area contributed by atoms with E-state index in [1.807, 2.05) is 32.0 Å². The minimum atomic E-state index is -3.39. The van der Waals surface area contributed by atoms with Crippen LogP contribution in [-0.2, 0) is 14.8 Å². The van der Waals surface area contributed by atoms with Crippen LogP contribution in [0.25, 0.3) is 0 Å². The van der Waals surface area contributed by atoms with Gasteiger partial charge in [-0.3, -0.25) is 9.10 Å². The lowest BCUT2D eigenvalue weighted by Gasteiger charge is -2.25. The van der Waals surface area contributed by atoms with E-state index in [1.165, 1.54) is 23.4 Å². The number of carbonyl (C=O) groups excluding carboxylic acids is 1. The van der Waals surface area contributed by atoms with Crippen LogP contribution >= 0.6 is 0 Å². The van der Waals surface area contributed by atoms with Gasteiger partial charge in [0.1, 0.15) is 0 Å². The summed E-state index contributed by atoms with van der Waals surface area (Å²) in [6.45, 7) is 9.24. The molecule has 0 aliphatic rings. The molecule has 0 aromatic heterocycles. The lowest BCUT2D eigenvalue weighted by atomic mass is 9.99. The highest BCUT2D eigenvalue weighted by Crippen LogP contribution is 2.25. The molecular formula is C21H36N2O3S. The van der Waals surface area contributed by atoms with Crippen molar-refractivity contribution in [2.45, 2.75) is 66.2 Å². The van der Waals surface area contributed by atoms with Crippen LogP contribution in [0.3, 0.4) is 0 Å². The van der Waals surface area contributed by atoms with Crippen LogP contribution in [0.5, 0.6) is 0 Å². The highest BCUT2D eigenvalue weighted by atomic mass is 32.2. The third-order valence-corrected chi connectivity index (χ3v) is 6.32. The predicted octanol–water partition coefficient (Wildman–Crippen LogP) is 4.18. The summed E-state index contributed by atoms with van der Waals surface area (Å²) in [5.41, 5.74) is 2.70. The maximum Gasteiger partial charge on any atom is 0.232 e. The molecule has 0 aliphatic carbocycles. The Hall–Kier alpha value is -1.56. The molecule has 6 heteroatoms. The number of hydrogen-bond acceptors (Lipinski definition) is 3. The molecule has 5 nitrogen and oxygen atoms in total. The molecule has 1 atom stereocenters. The van der Waals surface area contributed by atoms with E-state index in [4.69, 9.17) is 0 Å². The predicted molar refractivity (Wildman–Crippen MR) is 114 cm³/mol. The summed E-state index contributed by atoms with van der Waals surface area (Å²) in [5, 5.41) is 3.01. The highest BCUT2D eigenvalue weighted by Gasteiger charge is 2.20. The number of aryl methyl sites for hydroxylation is 1. The maximum absolute atomic E-state index is 12.3. The molecule has 1 unspecified atom stereocenters. The number of hydrogen-bond donors (Lipinski definition) is 1. The minimum absolute atomic E-state index is 0.000589. The Morgan fingerprint density at radius 3 is 2.48 bits per heavy atom. The Kier molecular flexibility index (Phi) is 9.84. The molecule has 1 amide bonds. The van der Waals surface area contributed by atoms with Gasteiger partial charge in [-0.2, -0.15) is 0 Å². The Labute approximate surface area is 165 Å². The van der Waals surface area contributed by atoms with Crippen LogP contribution in [0, 0.1) is 19.8 Å². The molecule has 0 saturated heterocycles. The van der Waals surface area contributed by atoms with Crippen molar-refractivity contribution < 1.29 is 13.2 Å². The largest absolute Gasteiger partial charge is 0.356 e. The molecule has 0 aliphatic heterocycles. The van der Waals surface area contributed by atoms with Gasteiger partial charge in [-0.25, -0.2) is 8.42 Å². The molecule has 1 rings (SSSR count). The molecule has 154 valence electrons. The van der Waals surface area contributed by atoms with Gasteiger partial charge in [-0.05, 0) is 49.8 Å². The highest BCUT2D eigenvalue weighted by molar-refractivity contribution is 7.92. The SMILES string of the molecule is CCCCC(CC)CNC(=O)CCCN(c1cccc(C)c1C)S(C)(=O)=O. The van der Waals surface area contributed by atoms with Crippen LogP contribution in [0.15, 0.2) is 18.2 Å². The second-order valence-electron chi connectivity index (χ2n) is 7.38. The van der Waals surface area contributed by atoms with Crippen LogP contribution in [0.2, 0.25) is 0 Å². The second kappa shape index (κ2) is 11.3. The molecule has 0 radical (unpaired) electrons. The standard InChI is InChI=1S/C21H36N2O3S/c1-6-8-12-19(7-2)16-22-21(24)14-10-15-23(27(5,25)26)20-13-9-11-17(3)18(20)4/h9,11,13,19H,6-8,10,12,14-16H2,1-5H3,(H,22,24). The lowest BCUT2D eigenvalue weighted by Crippen LogP contribution is -2.33. The van der Waals surface area contributed by atoms with Crippen LogP contribution in [-0.4, -0.2) is 33.7 Å². The number of benzene rings is 1. The van der Waals surface area contributed by atoms with E-state index in [9.17, 15) is 13.2 Å². The summed E-state index contributed by atoms with van der Waals surface area (Å²) >= 11 is 0. The first kappa shape index (κ1) is 23.5. The van der Waals surface area contributed by atoms with E-state index in [0.29, 0.717) is 37.5 Å². The molecule has 0 spiro atoms. The molecule has 0 saturated carbocycles. The first-order chi connectivity index (χ1) is 12.7. The monoisotopic (exact) mass is 396 g/mol. The van der Waals surface area contributed by atoms with E-state index in [-0.39, 0.29) is 5.91 Å². The molecule has 1 N–H and O–H groups in total. The van der Waals surface area contributed by atoms with E-state index in [1.54, 1.807) is 0 Å². The first-order valence-electron chi connectivity index (χ1n) is 10.0. The Balaban J connectivity index is 2.60. The van der Waals surface area contributed by atoms with Crippen molar-refractivity contribution in [3.63, 3.8) is 0 Å². The van der Waals surface area contributed by atoms with E-state index in [2.05, 4.69) is 19.2 Å². The summed E-state index contributed by atoms with van der Waals surface area (Å²) in [7, 11) is -3.39. The zero-order valence-electron chi connectivity index (χ0n) is 17.5. The number of sulfonamides is 1. The summed E-state index contributed by atoms with van der Waals surface area (Å²) in [4.78, 5) is 12.1. The molecule has 0 heterocycles. The van der Waals surface area contributed by atoms with Crippen molar-refractivity contribution in [1.82, 2.24) is 5.32 Å².